The van der Waals surface area contributed by atoms with Gasteiger partial charge >= 0.3 is 5.97 Å². The van der Waals surface area contributed by atoms with E-state index >= 15 is 0 Å². The summed E-state index contributed by atoms with van der Waals surface area (Å²) in [7, 11) is 0. The Morgan fingerprint density at radius 2 is 2.07 bits per heavy atom. The summed E-state index contributed by atoms with van der Waals surface area (Å²) in [4.78, 5) is 11.1. The predicted molar refractivity (Wildman–Crippen MR) is 61.4 cm³/mol. The van der Waals surface area contributed by atoms with E-state index in [2.05, 4.69) is 6.58 Å². The SMILES string of the molecule is C=CCOC(=O)/C=C/c1ccc(C)cc1. The van der Waals surface area contributed by atoms with E-state index in [1.54, 1.807) is 6.08 Å². The first-order valence-corrected chi connectivity index (χ1v) is 4.75. The normalized spacial score (nSPS) is 10.2. The van der Waals surface area contributed by atoms with E-state index in [0.29, 0.717) is 0 Å². The molecule has 1 aromatic rings. The van der Waals surface area contributed by atoms with Crippen molar-refractivity contribution in [2.24, 2.45) is 0 Å². The van der Waals surface area contributed by atoms with Gasteiger partial charge in [0.2, 0.25) is 0 Å². The molecule has 0 aliphatic carbocycles. The standard InChI is InChI=1S/C13H14O2/c1-3-10-15-13(14)9-8-12-6-4-11(2)5-7-12/h3-9H,1,10H2,2H3/b9-8+. The van der Waals surface area contributed by atoms with E-state index in [0.717, 1.165) is 5.56 Å². The van der Waals surface area contributed by atoms with E-state index in [4.69, 9.17) is 4.74 Å². The van der Waals surface area contributed by atoms with Crippen molar-refractivity contribution in [1.29, 1.82) is 0 Å². The van der Waals surface area contributed by atoms with Crippen LogP contribution in [0.15, 0.2) is 43.0 Å². The topological polar surface area (TPSA) is 26.3 Å². The molecule has 0 heterocycles. The van der Waals surface area contributed by atoms with Crippen molar-refractivity contribution in [1.82, 2.24) is 0 Å². The van der Waals surface area contributed by atoms with Gasteiger partial charge in [-0.15, -0.1) is 0 Å². The Bertz CT molecular complexity index is 361. The molecule has 0 N–H and O–H groups in total. The summed E-state index contributed by atoms with van der Waals surface area (Å²) in [5.41, 5.74) is 2.18. The average molecular weight is 202 g/mol. The third kappa shape index (κ3) is 4.27. The second-order valence-electron chi connectivity index (χ2n) is 3.16. The number of carbonyl (C=O) groups is 1. The Morgan fingerprint density at radius 3 is 2.67 bits per heavy atom. The maximum absolute atomic E-state index is 11.1. The van der Waals surface area contributed by atoms with Crippen LogP contribution in [0.25, 0.3) is 6.08 Å². The minimum atomic E-state index is -0.351. The van der Waals surface area contributed by atoms with Crippen molar-refractivity contribution in [2.75, 3.05) is 6.61 Å². The monoisotopic (exact) mass is 202 g/mol. The summed E-state index contributed by atoms with van der Waals surface area (Å²) in [6.07, 6.45) is 4.68. The Balaban J connectivity index is 2.53. The molecule has 0 amide bonds. The van der Waals surface area contributed by atoms with Gasteiger partial charge in [-0.1, -0.05) is 42.5 Å². The molecule has 78 valence electrons. The summed E-state index contributed by atoms with van der Waals surface area (Å²) >= 11 is 0. The maximum atomic E-state index is 11.1. The molecule has 0 aliphatic rings. The van der Waals surface area contributed by atoms with Crippen LogP contribution in [0.3, 0.4) is 0 Å². The molecule has 0 saturated carbocycles. The van der Waals surface area contributed by atoms with Crippen molar-refractivity contribution in [2.45, 2.75) is 6.92 Å². The molecule has 0 bridgehead atoms. The average Bonchev–Trinajstić information content (AvgIpc) is 2.25. The number of hydrogen-bond acceptors (Lipinski definition) is 2. The van der Waals surface area contributed by atoms with Crippen LogP contribution in [-0.4, -0.2) is 12.6 Å². The van der Waals surface area contributed by atoms with Crippen LogP contribution >= 0.6 is 0 Å². The van der Waals surface area contributed by atoms with E-state index in [9.17, 15) is 4.79 Å². The first-order valence-electron chi connectivity index (χ1n) is 4.75. The number of rotatable bonds is 4. The lowest BCUT2D eigenvalue weighted by Crippen LogP contribution is -1.99. The molecule has 2 heteroatoms. The van der Waals surface area contributed by atoms with Gasteiger partial charge < -0.3 is 4.74 Å². The van der Waals surface area contributed by atoms with Crippen LogP contribution in [0.2, 0.25) is 0 Å². The molecule has 0 radical (unpaired) electrons. The fourth-order valence-electron chi connectivity index (χ4n) is 1.03. The van der Waals surface area contributed by atoms with Gasteiger partial charge in [0.1, 0.15) is 6.61 Å². The quantitative estimate of drug-likeness (QED) is 0.426. The zero-order chi connectivity index (χ0) is 11.1. The van der Waals surface area contributed by atoms with Crippen LogP contribution < -0.4 is 0 Å². The van der Waals surface area contributed by atoms with Crippen LogP contribution in [0, 0.1) is 6.92 Å². The lowest BCUT2D eigenvalue weighted by atomic mass is 10.1. The minimum absolute atomic E-state index is 0.247. The Labute approximate surface area is 89.9 Å². The van der Waals surface area contributed by atoms with E-state index in [1.165, 1.54) is 17.7 Å². The third-order valence-corrected chi connectivity index (χ3v) is 1.83. The number of benzene rings is 1. The molecule has 1 rings (SSSR count). The van der Waals surface area contributed by atoms with Crippen LogP contribution in [0.4, 0.5) is 0 Å². The first kappa shape index (κ1) is 11.2. The van der Waals surface area contributed by atoms with Crippen molar-refractivity contribution < 1.29 is 9.53 Å². The molecule has 2 nitrogen and oxygen atoms in total. The van der Waals surface area contributed by atoms with Gasteiger partial charge in [0.25, 0.3) is 0 Å². The van der Waals surface area contributed by atoms with Crippen molar-refractivity contribution in [3.8, 4) is 0 Å². The molecule has 0 fully saturated rings. The van der Waals surface area contributed by atoms with E-state index in [-0.39, 0.29) is 12.6 Å². The predicted octanol–water partition coefficient (Wildman–Crippen LogP) is 2.74. The lowest BCUT2D eigenvalue weighted by molar-refractivity contribution is -0.136. The lowest BCUT2D eigenvalue weighted by Gasteiger charge is -1.96. The highest BCUT2D eigenvalue weighted by Crippen LogP contribution is 2.04. The summed E-state index contributed by atoms with van der Waals surface area (Å²) in [6, 6.07) is 7.89. The largest absolute Gasteiger partial charge is 0.458 e. The van der Waals surface area contributed by atoms with E-state index in [1.807, 2.05) is 31.2 Å². The molecule has 15 heavy (non-hydrogen) atoms. The van der Waals surface area contributed by atoms with Crippen molar-refractivity contribution in [3.05, 3.63) is 54.1 Å². The second-order valence-corrected chi connectivity index (χ2v) is 3.16. The highest BCUT2D eigenvalue weighted by Gasteiger charge is 1.93. The highest BCUT2D eigenvalue weighted by molar-refractivity contribution is 5.87. The molecular formula is C13H14O2. The zero-order valence-corrected chi connectivity index (χ0v) is 8.77. The Hall–Kier alpha value is -1.83. The smallest absolute Gasteiger partial charge is 0.331 e. The van der Waals surface area contributed by atoms with E-state index < -0.39 is 0 Å². The molecule has 0 unspecified atom stereocenters. The first-order chi connectivity index (χ1) is 7.22. The zero-order valence-electron chi connectivity index (χ0n) is 8.77. The van der Waals surface area contributed by atoms with Gasteiger partial charge in [-0.2, -0.15) is 0 Å². The number of ether oxygens (including phenoxy) is 1. The molecular weight excluding hydrogens is 188 g/mol. The molecule has 0 saturated heterocycles. The van der Waals surface area contributed by atoms with Gasteiger partial charge in [-0.3, -0.25) is 0 Å². The van der Waals surface area contributed by atoms with Crippen molar-refractivity contribution in [3.63, 3.8) is 0 Å². The third-order valence-electron chi connectivity index (χ3n) is 1.83. The van der Waals surface area contributed by atoms with Gasteiger partial charge in [-0.25, -0.2) is 4.79 Å². The van der Waals surface area contributed by atoms with Crippen molar-refractivity contribution >= 4 is 12.0 Å². The summed E-state index contributed by atoms with van der Waals surface area (Å²) in [6.45, 7) is 5.73. The molecule has 0 aliphatic heterocycles. The number of hydrogen-bond donors (Lipinski definition) is 0. The molecule has 0 atom stereocenters. The van der Waals surface area contributed by atoms with Gasteiger partial charge in [0.15, 0.2) is 0 Å². The number of aryl methyl sites for hydroxylation is 1. The van der Waals surface area contributed by atoms with Gasteiger partial charge in [-0.05, 0) is 18.6 Å². The highest BCUT2D eigenvalue weighted by atomic mass is 16.5. The Morgan fingerprint density at radius 1 is 1.40 bits per heavy atom. The fraction of sp³-hybridized carbons (Fsp3) is 0.154. The summed E-state index contributed by atoms with van der Waals surface area (Å²) < 4.78 is 4.79. The van der Waals surface area contributed by atoms with Crippen LogP contribution in [0.5, 0.6) is 0 Å². The number of esters is 1. The van der Waals surface area contributed by atoms with Gasteiger partial charge in [0, 0.05) is 6.08 Å². The Kier molecular flexibility index (Phi) is 4.35. The second kappa shape index (κ2) is 5.81. The van der Waals surface area contributed by atoms with Crippen LogP contribution in [0.1, 0.15) is 11.1 Å². The van der Waals surface area contributed by atoms with Gasteiger partial charge in [0.05, 0.1) is 0 Å². The minimum Gasteiger partial charge on any atom is -0.458 e. The summed E-state index contributed by atoms with van der Waals surface area (Å²) in [5.74, 6) is -0.351. The molecule has 1 aromatic carbocycles. The van der Waals surface area contributed by atoms with Crippen LogP contribution in [-0.2, 0) is 9.53 Å². The maximum Gasteiger partial charge on any atom is 0.331 e. The summed E-state index contributed by atoms with van der Waals surface area (Å²) in [5, 5.41) is 0. The molecule has 0 aromatic heterocycles. The molecule has 0 spiro atoms. The fourth-order valence-corrected chi connectivity index (χ4v) is 1.03. The number of carbonyl (C=O) groups excluding carboxylic acids is 1.